The molecule has 1 aromatic carbocycles. The van der Waals surface area contributed by atoms with Crippen molar-refractivity contribution in [1.82, 2.24) is 4.90 Å². The molecule has 1 N–H and O–H groups in total. The minimum Gasteiger partial charge on any atom is -0.492 e. The van der Waals surface area contributed by atoms with E-state index in [9.17, 15) is 4.79 Å². The Labute approximate surface area is 121 Å². The highest BCUT2D eigenvalue weighted by Crippen LogP contribution is 2.24. The zero-order chi connectivity index (χ0) is 14.4. The molecule has 1 amide bonds. The smallest absolute Gasteiger partial charge is 0.238 e. The Morgan fingerprint density at radius 3 is 2.75 bits per heavy atom. The first-order valence-corrected chi connectivity index (χ1v) is 7.42. The van der Waals surface area contributed by atoms with Crippen molar-refractivity contribution in [3.63, 3.8) is 0 Å². The van der Waals surface area contributed by atoms with E-state index in [1.807, 2.05) is 38.2 Å². The fraction of sp³-hybridized carbons (Fsp3) is 0.562. The molecule has 1 fully saturated rings. The lowest BCUT2D eigenvalue weighted by Gasteiger charge is -2.23. The lowest BCUT2D eigenvalue weighted by Crippen LogP contribution is -2.36. The number of benzene rings is 1. The molecule has 0 spiro atoms. The minimum atomic E-state index is 0.0200. The van der Waals surface area contributed by atoms with Crippen LogP contribution in [0.2, 0.25) is 0 Å². The maximum atomic E-state index is 12.1. The molecule has 20 heavy (non-hydrogen) atoms. The topological polar surface area (TPSA) is 41.6 Å². The number of likely N-dealkylation sites (N-methyl/N-ethyl adjacent to an activating group) is 1. The minimum absolute atomic E-state index is 0.0200. The largest absolute Gasteiger partial charge is 0.492 e. The first-order chi connectivity index (χ1) is 9.70. The molecule has 1 aromatic rings. The molecule has 1 aliphatic rings. The van der Waals surface area contributed by atoms with Crippen LogP contribution in [-0.4, -0.2) is 37.0 Å². The zero-order valence-electron chi connectivity index (χ0n) is 12.4. The summed E-state index contributed by atoms with van der Waals surface area (Å²) in [4.78, 5) is 14.3. The van der Waals surface area contributed by atoms with Gasteiger partial charge in [-0.2, -0.15) is 0 Å². The van der Waals surface area contributed by atoms with Gasteiger partial charge >= 0.3 is 0 Å². The molecular weight excluding hydrogens is 252 g/mol. The lowest BCUT2D eigenvalue weighted by atomic mass is 10.2. The average molecular weight is 276 g/mol. The van der Waals surface area contributed by atoms with Crippen molar-refractivity contribution in [2.45, 2.75) is 38.6 Å². The van der Waals surface area contributed by atoms with E-state index in [2.05, 4.69) is 10.2 Å². The predicted octanol–water partition coefficient (Wildman–Crippen LogP) is 2.90. The second-order valence-electron chi connectivity index (χ2n) is 5.33. The summed E-state index contributed by atoms with van der Waals surface area (Å²) in [5.41, 5.74) is 0.749. The second-order valence-corrected chi connectivity index (χ2v) is 5.33. The summed E-state index contributed by atoms with van der Waals surface area (Å²) in [6.45, 7) is 2.96. The van der Waals surface area contributed by atoms with Crippen LogP contribution >= 0.6 is 0 Å². The van der Waals surface area contributed by atoms with Crippen LogP contribution in [0, 0.1) is 0 Å². The van der Waals surface area contributed by atoms with Gasteiger partial charge in [0.2, 0.25) is 5.91 Å². The maximum Gasteiger partial charge on any atom is 0.238 e. The second kappa shape index (κ2) is 7.29. The maximum absolute atomic E-state index is 12.1. The summed E-state index contributed by atoms with van der Waals surface area (Å²) in [5.74, 6) is 0.749. The van der Waals surface area contributed by atoms with Gasteiger partial charge in [-0.05, 0) is 38.9 Å². The molecule has 0 saturated heterocycles. The first-order valence-electron chi connectivity index (χ1n) is 7.42. The Balaban J connectivity index is 1.90. The van der Waals surface area contributed by atoms with E-state index in [1.54, 1.807) is 0 Å². The highest BCUT2D eigenvalue weighted by atomic mass is 16.5. The number of hydrogen-bond acceptors (Lipinski definition) is 3. The average Bonchev–Trinajstić information content (AvgIpc) is 2.95. The number of nitrogens with zero attached hydrogens (tertiary/aromatic N) is 1. The number of carbonyl (C=O) groups excluding carboxylic acids is 1. The van der Waals surface area contributed by atoms with E-state index < -0.39 is 0 Å². The molecule has 0 aromatic heterocycles. The number of amides is 1. The van der Waals surface area contributed by atoms with Gasteiger partial charge < -0.3 is 10.1 Å². The molecule has 0 unspecified atom stereocenters. The molecule has 4 heteroatoms. The molecule has 1 aliphatic carbocycles. The Morgan fingerprint density at radius 1 is 1.35 bits per heavy atom. The van der Waals surface area contributed by atoms with Crippen LogP contribution in [0.15, 0.2) is 24.3 Å². The van der Waals surface area contributed by atoms with Crippen LogP contribution in [0.1, 0.15) is 32.6 Å². The number of anilines is 1. The third-order valence-electron chi connectivity index (χ3n) is 3.80. The molecular formula is C16H24N2O2. The van der Waals surface area contributed by atoms with Crippen molar-refractivity contribution in [2.75, 3.05) is 25.5 Å². The quantitative estimate of drug-likeness (QED) is 0.868. The van der Waals surface area contributed by atoms with Gasteiger partial charge in [0.25, 0.3) is 0 Å². The van der Waals surface area contributed by atoms with Crippen molar-refractivity contribution in [2.24, 2.45) is 0 Å². The van der Waals surface area contributed by atoms with E-state index >= 15 is 0 Å². The van der Waals surface area contributed by atoms with Gasteiger partial charge in [-0.1, -0.05) is 25.0 Å². The number of nitrogens with one attached hydrogen (secondary N) is 1. The molecule has 1 saturated carbocycles. The van der Waals surface area contributed by atoms with E-state index in [1.165, 1.54) is 25.7 Å². The third-order valence-corrected chi connectivity index (χ3v) is 3.80. The Bertz CT molecular complexity index is 442. The van der Waals surface area contributed by atoms with Crippen LogP contribution < -0.4 is 10.1 Å². The molecule has 2 rings (SSSR count). The van der Waals surface area contributed by atoms with Crippen LogP contribution in [-0.2, 0) is 4.79 Å². The third kappa shape index (κ3) is 3.97. The molecule has 0 heterocycles. The molecule has 0 radical (unpaired) electrons. The van der Waals surface area contributed by atoms with Crippen LogP contribution in [0.5, 0.6) is 5.75 Å². The Hall–Kier alpha value is -1.55. The summed E-state index contributed by atoms with van der Waals surface area (Å²) in [5, 5.41) is 2.94. The summed E-state index contributed by atoms with van der Waals surface area (Å²) < 4.78 is 5.51. The van der Waals surface area contributed by atoms with Gasteiger partial charge in [0.15, 0.2) is 0 Å². The standard InChI is InChI=1S/C16H24N2O2/c1-3-20-15-11-7-6-10-14(15)17-16(19)12-18(2)13-8-4-5-9-13/h6-7,10-11,13H,3-5,8-9,12H2,1-2H3,(H,17,19). The highest BCUT2D eigenvalue weighted by molar-refractivity contribution is 5.93. The van der Waals surface area contributed by atoms with E-state index in [0.29, 0.717) is 19.2 Å². The van der Waals surface area contributed by atoms with Gasteiger partial charge in [0, 0.05) is 6.04 Å². The van der Waals surface area contributed by atoms with Crippen LogP contribution in [0.25, 0.3) is 0 Å². The first kappa shape index (κ1) is 14.9. The van der Waals surface area contributed by atoms with Gasteiger partial charge in [-0.25, -0.2) is 0 Å². The van der Waals surface area contributed by atoms with Gasteiger partial charge in [-0.15, -0.1) is 0 Å². The number of ether oxygens (including phenoxy) is 1. The van der Waals surface area contributed by atoms with E-state index in [0.717, 1.165) is 11.4 Å². The van der Waals surface area contributed by atoms with Crippen molar-refractivity contribution < 1.29 is 9.53 Å². The summed E-state index contributed by atoms with van der Waals surface area (Å²) in [6, 6.07) is 8.12. The van der Waals surface area contributed by atoms with Crippen molar-refractivity contribution in [1.29, 1.82) is 0 Å². The number of rotatable bonds is 6. The fourth-order valence-electron chi connectivity index (χ4n) is 2.74. The van der Waals surface area contributed by atoms with E-state index in [4.69, 9.17) is 4.74 Å². The van der Waals surface area contributed by atoms with Crippen molar-refractivity contribution in [3.05, 3.63) is 24.3 Å². The molecule has 4 nitrogen and oxygen atoms in total. The normalized spacial score (nSPS) is 15.6. The predicted molar refractivity (Wildman–Crippen MR) is 81.1 cm³/mol. The highest BCUT2D eigenvalue weighted by Gasteiger charge is 2.21. The molecule has 0 atom stereocenters. The van der Waals surface area contributed by atoms with Crippen molar-refractivity contribution >= 4 is 11.6 Å². The van der Waals surface area contributed by atoms with Crippen LogP contribution in [0.4, 0.5) is 5.69 Å². The zero-order valence-corrected chi connectivity index (χ0v) is 12.4. The van der Waals surface area contributed by atoms with Crippen molar-refractivity contribution in [3.8, 4) is 5.75 Å². The van der Waals surface area contributed by atoms with Gasteiger partial charge in [0.05, 0.1) is 18.8 Å². The summed E-state index contributed by atoms with van der Waals surface area (Å²) >= 11 is 0. The molecule has 0 bridgehead atoms. The van der Waals surface area contributed by atoms with Crippen LogP contribution in [0.3, 0.4) is 0 Å². The lowest BCUT2D eigenvalue weighted by molar-refractivity contribution is -0.117. The van der Waals surface area contributed by atoms with Gasteiger partial charge in [-0.3, -0.25) is 9.69 Å². The Morgan fingerprint density at radius 2 is 2.05 bits per heavy atom. The summed E-state index contributed by atoms with van der Waals surface area (Å²) in [7, 11) is 2.03. The SMILES string of the molecule is CCOc1ccccc1NC(=O)CN(C)C1CCCC1. The Kier molecular flexibility index (Phi) is 5.41. The molecule has 110 valence electrons. The summed E-state index contributed by atoms with van der Waals surface area (Å²) in [6.07, 6.45) is 4.98. The van der Waals surface area contributed by atoms with E-state index in [-0.39, 0.29) is 5.91 Å². The molecule has 0 aliphatic heterocycles. The monoisotopic (exact) mass is 276 g/mol. The number of hydrogen-bond donors (Lipinski definition) is 1. The number of carbonyl (C=O) groups is 1. The number of para-hydroxylation sites is 2. The fourth-order valence-corrected chi connectivity index (χ4v) is 2.74. The van der Waals surface area contributed by atoms with Gasteiger partial charge in [0.1, 0.15) is 5.75 Å².